The van der Waals surface area contributed by atoms with Gasteiger partial charge in [0.15, 0.2) is 0 Å². The Morgan fingerprint density at radius 1 is 0.833 bits per heavy atom. The number of rotatable bonds is 3. The van der Waals surface area contributed by atoms with Crippen molar-refractivity contribution >= 4 is 36.3 Å². The summed E-state index contributed by atoms with van der Waals surface area (Å²) >= 11 is 0. The van der Waals surface area contributed by atoms with Gasteiger partial charge in [-0.2, -0.15) is 0 Å². The largest absolute Gasteiger partial charge is 0.0657 e. The Labute approximate surface area is 110 Å². The van der Waals surface area contributed by atoms with Crippen LogP contribution < -0.4 is 5.19 Å². The first kappa shape index (κ1) is 11.5. The molecule has 0 bridgehead atoms. The van der Waals surface area contributed by atoms with Crippen molar-refractivity contribution in [3.05, 3.63) is 54.6 Å². The summed E-state index contributed by atoms with van der Waals surface area (Å²) in [5.74, 6) is 0. The van der Waals surface area contributed by atoms with Crippen LogP contribution >= 0.6 is 0 Å². The molecule has 0 nitrogen and oxygen atoms in total. The number of hydrogen-bond donors (Lipinski definition) is 0. The average molecular weight is 250 g/mol. The van der Waals surface area contributed by atoms with Gasteiger partial charge < -0.3 is 0 Å². The molecule has 0 aliphatic heterocycles. The molecule has 0 spiro atoms. The van der Waals surface area contributed by atoms with Gasteiger partial charge in [0.1, 0.15) is 0 Å². The first-order chi connectivity index (χ1) is 8.90. The zero-order valence-electron chi connectivity index (χ0n) is 10.8. The fraction of sp³-hybridized carbons (Fsp3) is 0.176. The molecule has 18 heavy (non-hydrogen) atoms. The molecule has 0 aromatic heterocycles. The maximum Gasteiger partial charge on any atom is 0.0555 e. The van der Waals surface area contributed by atoms with Gasteiger partial charge in [-0.1, -0.05) is 79.2 Å². The Hall–Kier alpha value is -1.60. The summed E-state index contributed by atoms with van der Waals surface area (Å²) < 4.78 is 0. The maximum atomic E-state index is 2.43. The van der Waals surface area contributed by atoms with Gasteiger partial charge in [-0.25, -0.2) is 0 Å². The molecule has 3 rings (SSSR count). The molecule has 0 amide bonds. The second-order valence-electron chi connectivity index (χ2n) is 4.91. The van der Waals surface area contributed by atoms with Crippen LogP contribution in [0.5, 0.6) is 0 Å². The van der Waals surface area contributed by atoms with E-state index in [-0.39, 0.29) is 9.52 Å². The van der Waals surface area contributed by atoms with Gasteiger partial charge in [0.2, 0.25) is 0 Å². The zero-order chi connectivity index (χ0) is 12.4. The summed E-state index contributed by atoms with van der Waals surface area (Å²) in [6, 6.07) is 21.5. The minimum Gasteiger partial charge on any atom is -0.0657 e. The van der Waals surface area contributed by atoms with Gasteiger partial charge in [0.05, 0.1) is 9.52 Å². The zero-order valence-corrected chi connectivity index (χ0v) is 12.2. The lowest BCUT2D eigenvalue weighted by molar-refractivity contribution is 1.08. The van der Waals surface area contributed by atoms with E-state index in [4.69, 9.17) is 0 Å². The molecule has 90 valence electrons. The lowest BCUT2D eigenvalue weighted by Crippen LogP contribution is -2.14. The molecule has 0 saturated carbocycles. The van der Waals surface area contributed by atoms with E-state index < -0.39 is 0 Å². The number of benzene rings is 3. The highest BCUT2D eigenvalue weighted by molar-refractivity contribution is 6.58. The fourth-order valence-electron chi connectivity index (χ4n) is 2.71. The lowest BCUT2D eigenvalue weighted by atomic mass is 10.0. The Balaban J connectivity index is 2.32. The number of fused-ring (bicyclic) bond motifs is 3. The molecule has 0 heterocycles. The minimum absolute atomic E-state index is 0.122. The molecule has 3 aromatic carbocycles. The van der Waals surface area contributed by atoms with Crippen molar-refractivity contribution in [1.82, 2.24) is 0 Å². The van der Waals surface area contributed by atoms with Gasteiger partial charge in [-0.3, -0.25) is 0 Å². The fourth-order valence-corrected chi connectivity index (χ4v) is 4.38. The van der Waals surface area contributed by atoms with Crippen LogP contribution in [0, 0.1) is 0 Å². The van der Waals surface area contributed by atoms with E-state index in [1.54, 1.807) is 5.19 Å². The van der Waals surface area contributed by atoms with E-state index >= 15 is 0 Å². The average Bonchev–Trinajstić information content (AvgIpc) is 2.45. The molecular weight excluding hydrogens is 232 g/mol. The third kappa shape index (κ3) is 1.95. The van der Waals surface area contributed by atoms with E-state index in [1.807, 2.05) is 0 Å². The Kier molecular flexibility index (Phi) is 3.16. The van der Waals surface area contributed by atoms with Crippen molar-refractivity contribution in [2.75, 3.05) is 0 Å². The molecule has 3 aromatic rings. The second-order valence-corrected chi connectivity index (χ2v) is 6.87. The predicted molar refractivity (Wildman–Crippen MR) is 84.7 cm³/mol. The highest BCUT2D eigenvalue weighted by atomic mass is 28.2. The normalized spacial score (nSPS) is 11.8. The van der Waals surface area contributed by atoms with Gasteiger partial charge in [0.25, 0.3) is 0 Å². The molecule has 0 fully saturated rings. The molecule has 0 saturated heterocycles. The van der Waals surface area contributed by atoms with Crippen molar-refractivity contribution in [2.24, 2.45) is 0 Å². The van der Waals surface area contributed by atoms with Crippen molar-refractivity contribution in [1.29, 1.82) is 0 Å². The first-order valence-corrected chi connectivity index (χ1v) is 8.50. The van der Waals surface area contributed by atoms with E-state index in [2.05, 4.69) is 61.5 Å². The third-order valence-electron chi connectivity index (χ3n) is 3.65. The molecular formula is C17H18Si. The Bertz CT molecular complexity index is 685. The Morgan fingerprint density at radius 3 is 2.28 bits per heavy atom. The van der Waals surface area contributed by atoms with Crippen molar-refractivity contribution in [3.8, 4) is 0 Å². The molecule has 1 heteroatoms. The van der Waals surface area contributed by atoms with Crippen molar-refractivity contribution < 1.29 is 0 Å². The minimum atomic E-state index is -0.122. The van der Waals surface area contributed by atoms with Crippen LogP contribution in [-0.2, 0) is 0 Å². The molecule has 0 unspecified atom stereocenters. The van der Waals surface area contributed by atoms with Gasteiger partial charge >= 0.3 is 0 Å². The summed E-state index contributed by atoms with van der Waals surface area (Å²) in [6.45, 7) is 2.29. The van der Waals surface area contributed by atoms with Crippen LogP contribution in [0.25, 0.3) is 21.5 Å². The Morgan fingerprint density at radius 2 is 1.50 bits per heavy atom. The van der Waals surface area contributed by atoms with Crippen LogP contribution in [0.3, 0.4) is 0 Å². The van der Waals surface area contributed by atoms with Crippen LogP contribution in [0.1, 0.15) is 13.3 Å². The molecule has 0 atom stereocenters. The SMILES string of the molecule is CCC[SiH2]c1cc2ccccc2c2ccccc12. The third-order valence-corrected chi connectivity index (χ3v) is 5.84. The van der Waals surface area contributed by atoms with Crippen LogP contribution in [0.4, 0.5) is 0 Å². The standard InChI is InChI=1S/C17H18Si/c1-2-11-18-17-12-13-7-3-4-8-14(13)15-9-5-6-10-16(15)17/h3-10,12H,2,11,18H2,1H3. The molecule has 0 radical (unpaired) electrons. The maximum absolute atomic E-state index is 2.43. The quantitative estimate of drug-likeness (QED) is 0.492. The highest BCUT2D eigenvalue weighted by Crippen LogP contribution is 2.23. The smallest absolute Gasteiger partial charge is 0.0555 e. The molecule has 0 N–H and O–H groups in total. The van der Waals surface area contributed by atoms with Crippen LogP contribution in [0.15, 0.2) is 54.6 Å². The summed E-state index contributed by atoms with van der Waals surface area (Å²) in [7, 11) is -0.122. The lowest BCUT2D eigenvalue weighted by Gasteiger charge is -2.09. The predicted octanol–water partition coefficient (Wildman–Crippen LogP) is 3.62. The van der Waals surface area contributed by atoms with Crippen LogP contribution in [-0.4, -0.2) is 9.52 Å². The van der Waals surface area contributed by atoms with E-state index in [9.17, 15) is 0 Å². The summed E-state index contributed by atoms with van der Waals surface area (Å²) in [6.07, 6.45) is 1.31. The monoisotopic (exact) mass is 250 g/mol. The summed E-state index contributed by atoms with van der Waals surface area (Å²) in [4.78, 5) is 0. The second kappa shape index (κ2) is 4.95. The topological polar surface area (TPSA) is 0 Å². The summed E-state index contributed by atoms with van der Waals surface area (Å²) in [5.41, 5.74) is 0. The van der Waals surface area contributed by atoms with Crippen LogP contribution in [0.2, 0.25) is 6.04 Å². The van der Waals surface area contributed by atoms with Gasteiger partial charge in [-0.15, -0.1) is 0 Å². The highest BCUT2D eigenvalue weighted by Gasteiger charge is 2.05. The van der Waals surface area contributed by atoms with Crippen molar-refractivity contribution in [2.45, 2.75) is 19.4 Å². The number of hydrogen-bond acceptors (Lipinski definition) is 0. The van der Waals surface area contributed by atoms with Gasteiger partial charge in [-0.05, 0) is 21.5 Å². The molecule has 0 aliphatic rings. The van der Waals surface area contributed by atoms with E-state index in [1.165, 1.54) is 34.0 Å². The van der Waals surface area contributed by atoms with E-state index in [0.717, 1.165) is 0 Å². The van der Waals surface area contributed by atoms with Crippen molar-refractivity contribution in [3.63, 3.8) is 0 Å². The van der Waals surface area contributed by atoms with Gasteiger partial charge in [0, 0.05) is 0 Å². The molecule has 0 aliphatic carbocycles. The first-order valence-electron chi connectivity index (χ1n) is 6.79. The summed E-state index contributed by atoms with van der Waals surface area (Å²) in [5, 5.41) is 7.33. The van der Waals surface area contributed by atoms with E-state index in [0.29, 0.717) is 0 Å².